The minimum atomic E-state index is 0.994. The molecule has 4 rings (SSSR count). The van der Waals surface area contributed by atoms with E-state index in [9.17, 15) is 0 Å². The molecular weight excluding hydrogens is 336 g/mol. The first-order valence-electron chi connectivity index (χ1n) is 9.78. The lowest BCUT2D eigenvalue weighted by Gasteiger charge is -2.18. The van der Waals surface area contributed by atoms with E-state index in [1.807, 2.05) is 0 Å². The molecule has 0 nitrogen and oxygen atoms in total. The monoisotopic (exact) mass is 360 g/mol. The maximum atomic E-state index is 2.27. The van der Waals surface area contributed by atoms with Gasteiger partial charge in [-0.25, -0.2) is 0 Å². The van der Waals surface area contributed by atoms with Gasteiger partial charge in [0.15, 0.2) is 0 Å². The maximum Gasteiger partial charge on any atom is -0.00268 e. The highest BCUT2D eigenvalue weighted by atomic mass is 14.2. The first-order valence-corrected chi connectivity index (χ1v) is 9.78. The van der Waals surface area contributed by atoms with E-state index in [-0.39, 0.29) is 0 Å². The topological polar surface area (TPSA) is 0 Å². The summed E-state index contributed by atoms with van der Waals surface area (Å²) in [5.74, 6) is 0. The Morgan fingerprint density at radius 3 is 1.54 bits per heavy atom. The number of hydrogen-bond donors (Lipinski definition) is 0. The van der Waals surface area contributed by atoms with Crippen molar-refractivity contribution in [1.82, 2.24) is 0 Å². The average molecular weight is 361 g/mol. The van der Waals surface area contributed by atoms with Gasteiger partial charge in [-0.15, -0.1) is 0 Å². The first-order chi connectivity index (χ1) is 13.8. The van der Waals surface area contributed by atoms with E-state index >= 15 is 0 Å². The molecule has 0 unspecified atom stereocenters. The predicted molar refractivity (Wildman–Crippen MR) is 121 cm³/mol. The summed E-state index contributed by atoms with van der Waals surface area (Å²) in [7, 11) is 0. The Morgan fingerprint density at radius 2 is 1.04 bits per heavy atom. The van der Waals surface area contributed by atoms with Crippen molar-refractivity contribution in [3.8, 4) is 0 Å². The zero-order chi connectivity index (χ0) is 19.2. The largest absolute Gasteiger partial charge is 0.0799 e. The highest BCUT2D eigenvalue weighted by molar-refractivity contribution is 6.05. The molecule has 0 saturated carbocycles. The molecule has 0 radical (unpaired) electrons. The molecule has 0 bridgehead atoms. The van der Waals surface area contributed by atoms with Crippen molar-refractivity contribution in [1.29, 1.82) is 0 Å². The van der Waals surface area contributed by atoms with Crippen molar-refractivity contribution >= 4 is 11.1 Å². The van der Waals surface area contributed by atoms with Crippen LogP contribution in [0.25, 0.3) is 11.1 Å². The highest BCUT2D eigenvalue weighted by Crippen LogP contribution is 2.37. The van der Waals surface area contributed by atoms with Gasteiger partial charge < -0.3 is 0 Å². The minimum absolute atomic E-state index is 0.994. The van der Waals surface area contributed by atoms with Crippen molar-refractivity contribution < 1.29 is 0 Å². The van der Waals surface area contributed by atoms with Gasteiger partial charge in [0.25, 0.3) is 0 Å². The maximum absolute atomic E-state index is 2.27. The van der Waals surface area contributed by atoms with Crippen LogP contribution in [-0.2, 0) is 0 Å². The quantitative estimate of drug-likeness (QED) is 0.423. The fourth-order valence-corrected chi connectivity index (χ4v) is 3.62. The number of rotatable bonds is 4. The Bertz CT molecular complexity index is 1010. The van der Waals surface area contributed by atoms with Gasteiger partial charge in [-0.2, -0.15) is 0 Å². The molecule has 3 aromatic carbocycles. The zero-order valence-electron chi connectivity index (χ0n) is 16.2. The van der Waals surface area contributed by atoms with Crippen LogP contribution in [0.2, 0.25) is 0 Å². The highest BCUT2D eigenvalue weighted by Gasteiger charge is 2.16. The van der Waals surface area contributed by atoms with Crippen molar-refractivity contribution in [3.05, 3.63) is 143 Å². The van der Waals surface area contributed by atoms with E-state index in [1.54, 1.807) is 0 Å². The lowest BCUT2D eigenvalue weighted by atomic mass is 9.85. The summed E-state index contributed by atoms with van der Waals surface area (Å²) in [6.45, 7) is 2.19. The third-order valence-electron chi connectivity index (χ3n) is 5.01. The predicted octanol–water partition coefficient (Wildman–Crippen LogP) is 7.48. The summed E-state index contributed by atoms with van der Waals surface area (Å²) in [5.41, 5.74) is 8.83. The second-order valence-electron chi connectivity index (χ2n) is 7.09. The fourth-order valence-electron chi connectivity index (χ4n) is 3.62. The molecule has 1 aliphatic carbocycles. The first kappa shape index (κ1) is 18.0. The molecule has 28 heavy (non-hydrogen) atoms. The Kier molecular flexibility index (Phi) is 5.49. The second kappa shape index (κ2) is 8.54. The number of hydrogen-bond acceptors (Lipinski definition) is 0. The molecule has 3 aromatic rings. The van der Waals surface area contributed by atoms with E-state index in [2.05, 4.69) is 122 Å². The number of allylic oxidation sites excluding steroid dienone is 7. The van der Waals surface area contributed by atoms with Crippen LogP contribution in [-0.4, -0.2) is 0 Å². The molecule has 1 aliphatic rings. The molecule has 0 saturated heterocycles. The van der Waals surface area contributed by atoms with Crippen LogP contribution < -0.4 is 0 Å². The van der Waals surface area contributed by atoms with E-state index < -0.39 is 0 Å². The Labute approximate surface area is 167 Å². The van der Waals surface area contributed by atoms with Gasteiger partial charge in [-0.05, 0) is 46.8 Å². The van der Waals surface area contributed by atoms with E-state index in [4.69, 9.17) is 0 Å². The van der Waals surface area contributed by atoms with Crippen molar-refractivity contribution in [3.63, 3.8) is 0 Å². The van der Waals surface area contributed by atoms with Crippen molar-refractivity contribution in [2.45, 2.75) is 13.3 Å². The molecule has 0 atom stereocenters. The molecule has 0 N–H and O–H groups in total. The van der Waals surface area contributed by atoms with Gasteiger partial charge >= 0.3 is 0 Å². The van der Waals surface area contributed by atoms with Crippen LogP contribution in [0.1, 0.15) is 30.0 Å². The summed E-state index contributed by atoms with van der Waals surface area (Å²) in [6.07, 6.45) is 10.0. The van der Waals surface area contributed by atoms with E-state index in [0.29, 0.717) is 0 Å². The third-order valence-corrected chi connectivity index (χ3v) is 5.01. The van der Waals surface area contributed by atoms with Crippen LogP contribution >= 0.6 is 0 Å². The lowest BCUT2D eigenvalue weighted by molar-refractivity contribution is 1.22. The summed E-state index contributed by atoms with van der Waals surface area (Å²) >= 11 is 0. The summed E-state index contributed by atoms with van der Waals surface area (Å²) < 4.78 is 0. The van der Waals surface area contributed by atoms with E-state index in [1.165, 1.54) is 39.0 Å². The fraction of sp³-hybridized carbons (Fsp3) is 0.0714. The third kappa shape index (κ3) is 3.97. The average Bonchev–Trinajstić information content (AvgIpc) is 2.98. The Morgan fingerprint density at radius 1 is 0.571 bits per heavy atom. The van der Waals surface area contributed by atoms with Crippen molar-refractivity contribution in [2.75, 3.05) is 0 Å². The summed E-state index contributed by atoms with van der Waals surface area (Å²) in [6, 6.07) is 32.1. The molecule has 0 amide bonds. The summed E-state index contributed by atoms with van der Waals surface area (Å²) in [5, 5.41) is 0. The molecular formula is C28H24. The molecule has 0 aliphatic heterocycles. The Balaban J connectivity index is 2.07. The molecule has 0 heterocycles. The Hall–Kier alpha value is -3.38. The minimum Gasteiger partial charge on any atom is -0.0799 e. The second-order valence-corrected chi connectivity index (χ2v) is 7.09. The molecule has 136 valence electrons. The van der Waals surface area contributed by atoms with Gasteiger partial charge in [-0.3, -0.25) is 0 Å². The summed E-state index contributed by atoms with van der Waals surface area (Å²) in [4.78, 5) is 0. The molecule has 0 aromatic heterocycles. The van der Waals surface area contributed by atoms with Crippen LogP contribution in [0.4, 0.5) is 0 Å². The van der Waals surface area contributed by atoms with Gasteiger partial charge in [0.2, 0.25) is 0 Å². The molecule has 0 fully saturated rings. The van der Waals surface area contributed by atoms with Gasteiger partial charge in [0.1, 0.15) is 0 Å². The van der Waals surface area contributed by atoms with Crippen LogP contribution in [0, 0.1) is 0 Å². The normalized spacial score (nSPS) is 13.3. The lowest BCUT2D eigenvalue weighted by Crippen LogP contribution is -1.97. The van der Waals surface area contributed by atoms with Crippen LogP contribution in [0.5, 0.6) is 0 Å². The van der Waals surface area contributed by atoms with Gasteiger partial charge in [0, 0.05) is 0 Å². The SMILES string of the molecule is CC1=CC=C(C(=C(c2ccccc2)c2ccccc2)c2ccccc2)C=CC1. The van der Waals surface area contributed by atoms with Gasteiger partial charge in [0.05, 0.1) is 0 Å². The molecule has 0 spiro atoms. The van der Waals surface area contributed by atoms with Crippen molar-refractivity contribution in [2.24, 2.45) is 0 Å². The molecule has 0 heteroatoms. The van der Waals surface area contributed by atoms with E-state index in [0.717, 1.165) is 6.42 Å². The van der Waals surface area contributed by atoms with Crippen LogP contribution in [0.3, 0.4) is 0 Å². The zero-order valence-corrected chi connectivity index (χ0v) is 16.2. The number of benzene rings is 3. The standard InChI is InChI=1S/C28H24/c1-22-12-11-19-26(21-20-22)28(25-17-9-4-10-18-25)27(23-13-5-2-6-14-23)24-15-7-3-8-16-24/h2-11,13-21H,12H2,1H3. The smallest absolute Gasteiger partial charge is 0.00268 e. The van der Waals surface area contributed by atoms with Gasteiger partial charge in [-0.1, -0.05) is 121 Å². The van der Waals surface area contributed by atoms with Crippen LogP contribution in [0.15, 0.2) is 126 Å².